The number of allylic oxidation sites excluding steroid dienone is 10. The van der Waals surface area contributed by atoms with Gasteiger partial charge in [-0.05, 0) is 51.4 Å². The number of aliphatic hydroxyl groups excluding tert-OH is 1. The lowest BCUT2D eigenvalue weighted by Crippen LogP contribution is -2.27. The number of carbonyl (C=O) groups excluding carboxylic acids is 2. The molecule has 0 aliphatic carbocycles. The maximum atomic E-state index is 12.0. The summed E-state index contributed by atoms with van der Waals surface area (Å²) in [7, 11) is -4.42. The van der Waals surface area contributed by atoms with Crippen molar-refractivity contribution >= 4 is 19.7 Å². The number of rotatable bonds is 35. The van der Waals surface area contributed by atoms with E-state index in [2.05, 4.69) is 73.8 Å². The molecule has 0 radical (unpaired) electrons. The Morgan fingerprint density at radius 2 is 1.14 bits per heavy atom. The van der Waals surface area contributed by atoms with Crippen LogP contribution in [0.25, 0.3) is 0 Å². The first-order valence-corrected chi connectivity index (χ1v) is 20.8. The van der Waals surface area contributed by atoms with E-state index in [0.717, 1.165) is 57.8 Å². The predicted molar refractivity (Wildman–Crippen MR) is 206 cm³/mol. The molecular weight excluding hydrogens is 653 g/mol. The molecular formula is C40H70NO8P. The quantitative estimate of drug-likeness (QED) is 0.0255. The molecule has 9 nitrogen and oxygen atoms in total. The van der Waals surface area contributed by atoms with Gasteiger partial charge in [-0.15, -0.1) is 0 Å². The zero-order valence-corrected chi connectivity index (χ0v) is 32.2. The molecule has 3 N–H and O–H groups in total. The van der Waals surface area contributed by atoms with Crippen LogP contribution in [0.5, 0.6) is 0 Å². The Morgan fingerprint density at radius 3 is 1.68 bits per heavy atom. The summed E-state index contributed by atoms with van der Waals surface area (Å²) in [5.74, 6) is -0.580. The van der Waals surface area contributed by atoms with Crippen molar-refractivity contribution in [2.24, 2.45) is 0 Å². The van der Waals surface area contributed by atoms with Crippen molar-refractivity contribution in [3.63, 3.8) is 0 Å². The van der Waals surface area contributed by atoms with Crippen molar-refractivity contribution in [1.29, 1.82) is 0 Å². The fraction of sp³-hybridized carbons (Fsp3) is 0.700. The van der Waals surface area contributed by atoms with Gasteiger partial charge in [0.25, 0.3) is 0 Å². The Bertz CT molecular complexity index is 1010. The number of amides is 1. The van der Waals surface area contributed by atoms with Gasteiger partial charge in [0.2, 0.25) is 5.91 Å². The SMILES string of the molecule is CC/C=C\C/C=C\C/C=C\C/C=C\C/C=C\CCCC(=O)OCC(O)COP(=O)(O)OCCNC(=O)CCCCCCCCCCCCCC. The zero-order chi connectivity index (χ0) is 36.8. The molecule has 0 aromatic heterocycles. The molecule has 1 amide bonds. The Kier molecular flexibility index (Phi) is 34.8. The van der Waals surface area contributed by atoms with Gasteiger partial charge in [0.15, 0.2) is 0 Å². The van der Waals surface area contributed by atoms with Gasteiger partial charge in [-0.3, -0.25) is 18.6 Å². The third kappa shape index (κ3) is 37.0. The Labute approximate surface area is 304 Å². The number of phosphoric ester groups is 1. The second kappa shape index (κ2) is 36.5. The first-order valence-electron chi connectivity index (χ1n) is 19.3. The van der Waals surface area contributed by atoms with E-state index >= 15 is 0 Å². The standard InChI is InChI=1S/C40H70NO8P/c1-3-5-7-9-11-13-15-17-18-19-20-21-23-25-27-29-31-33-40(44)47-36-38(42)37-49-50(45,46)48-35-34-41-39(43)32-30-28-26-24-22-16-14-12-10-8-6-4-2/h5,7,11,13,17-18,20-21,25,27,38,42H,3-4,6,8-10,12,14-16,19,22-24,26,28-37H2,1-2H3,(H,41,43)(H,45,46)/b7-5-,13-11-,18-17-,21-20-,27-25-. The van der Waals surface area contributed by atoms with Crippen LogP contribution in [0.15, 0.2) is 60.8 Å². The number of unbranched alkanes of at least 4 members (excludes halogenated alkanes) is 12. The lowest BCUT2D eigenvalue weighted by atomic mass is 10.0. The van der Waals surface area contributed by atoms with Crippen LogP contribution in [-0.4, -0.2) is 54.3 Å². The normalized spacial score (nSPS) is 14.1. The average Bonchev–Trinajstić information content (AvgIpc) is 3.10. The van der Waals surface area contributed by atoms with Crippen LogP contribution < -0.4 is 5.32 Å². The third-order valence-corrected chi connectivity index (χ3v) is 8.70. The van der Waals surface area contributed by atoms with Crippen molar-refractivity contribution in [1.82, 2.24) is 5.32 Å². The van der Waals surface area contributed by atoms with Gasteiger partial charge in [-0.2, -0.15) is 0 Å². The summed E-state index contributed by atoms with van der Waals surface area (Å²) in [6.45, 7) is 3.35. The number of phosphoric acid groups is 1. The monoisotopic (exact) mass is 723 g/mol. The van der Waals surface area contributed by atoms with Crippen molar-refractivity contribution in [2.45, 2.75) is 155 Å². The van der Waals surface area contributed by atoms with Crippen molar-refractivity contribution in [2.75, 3.05) is 26.4 Å². The number of hydrogen-bond donors (Lipinski definition) is 3. The van der Waals surface area contributed by atoms with E-state index in [1.165, 1.54) is 57.8 Å². The van der Waals surface area contributed by atoms with Crippen LogP contribution in [0.2, 0.25) is 0 Å². The van der Waals surface area contributed by atoms with E-state index in [1.54, 1.807) is 0 Å². The van der Waals surface area contributed by atoms with E-state index in [0.29, 0.717) is 12.8 Å². The van der Waals surface area contributed by atoms with E-state index in [9.17, 15) is 24.2 Å². The second-order valence-corrected chi connectivity index (χ2v) is 14.0. The summed E-state index contributed by atoms with van der Waals surface area (Å²) in [5.41, 5.74) is 0. The van der Waals surface area contributed by atoms with Crippen LogP contribution in [0.4, 0.5) is 0 Å². The van der Waals surface area contributed by atoms with E-state index in [4.69, 9.17) is 13.8 Å². The molecule has 0 aromatic rings. The molecule has 0 rings (SSSR count). The number of ether oxygens (including phenoxy) is 1. The van der Waals surface area contributed by atoms with Gasteiger partial charge in [0.05, 0.1) is 13.2 Å². The lowest BCUT2D eigenvalue weighted by molar-refractivity contribution is -0.147. The van der Waals surface area contributed by atoms with Crippen LogP contribution in [0.1, 0.15) is 149 Å². The molecule has 0 bridgehead atoms. The summed E-state index contributed by atoms with van der Waals surface area (Å²) >= 11 is 0. The molecule has 0 fully saturated rings. The van der Waals surface area contributed by atoms with Crippen LogP contribution in [-0.2, 0) is 27.9 Å². The molecule has 2 atom stereocenters. The highest BCUT2D eigenvalue weighted by Gasteiger charge is 2.23. The maximum Gasteiger partial charge on any atom is 0.472 e. The van der Waals surface area contributed by atoms with Crippen molar-refractivity contribution in [3.8, 4) is 0 Å². The molecule has 10 heteroatoms. The van der Waals surface area contributed by atoms with Gasteiger partial charge < -0.3 is 20.1 Å². The lowest BCUT2D eigenvalue weighted by Gasteiger charge is -2.15. The molecule has 0 saturated heterocycles. The largest absolute Gasteiger partial charge is 0.472 e. The molecule has 0 aliphatic rings. The molecule has 50 heavy (non-hydrogen) atoms. The van der Waals surface area contributed by atoms with Crippen LogP contribution in [0.3, 0.4) is 0 Å². The highest BCUT2D eigenvalue weighted by Crippen LogP contribution is 2.42. The number of hydrogen-bond acceptors (Lipinski definition) is 7. The summed E-state index contributed by atoms with van der Waals surface area (Å²) in [4.78, 5) is 33.7. The number of aliphatic hydroxyl groups is 1. The minimum absolute atomic E-state index is 0.0742. The molecule has 2 unspecified atom stereocenters. The minimum atomic E-state index is -4.42. The second-order valence-electron chi connectivity index (χ2n) is 12.5. The molecule has 0 aliphatic heterocycles. The predicted octanol–water partition coefficient (Wildman–Crippen LogP) is 10.2. The molecule has 0 spiro atoms. The van der Waals surface area contributed by atoms with E-state index in [1.807, 2.05) is 6.08 Å². The number of carbonyl (C=O) groups is 2. The van der Waals surface area contributed by atoms with Gasteiger partial charge in [0.1, 0.15) is 12.7 Å². The topological polar surface area (TPSA) is 131 Å². The third-order valence-electron chi connectivity index (χ3n) is 7.71. The summed E-state index contributed by atoms with van der Waals surface area (Å²) in [6.07, 6.45) is 41.5. The van der Waals surface area contributed by atoms with Gasteiger partial charge in [-0.1, -0.05) is 145 Å². The molecule has 0 saturated carbocycles. The first kappa shape index (κ1) is 47.7. The number of esters is 1. The van der Waals surface area contributed by atoms with Gasteiger partial charge in [-0.25, -0.2) is 4.57 Å². The van der Waals surface area contributed by atoms with Crippen LogP contribution in [0, 0.1) is 0 Å². The Balaban J connectivity index is 3.73. The minimum Gasteiger partial charge on any atom is -0.463 e. The van der Waals surface area contributed by atoms with Crippen molar-refractivity contribution < 1.29 is 37.9 Å². The Hall–Kier alpha value is -2.29. The first-order chi connectivity index (χ1) is 24.3. The van der Waals surface area contributed by atoms with E-state index < -0.39 is 26.5 Å². The average molecular weight is 724 g/mol. The fourth-order valence-electron chi connectivity index (χ4n) is 4.83. The van der Waals surface area contributed by atoms with Gasteiger partial charge in [0, 0.05) is 19.4 Å². The zero-order valence-electron chi connectivity index (χ0n) is 31.3. The summed E-state index contributed by atoms with van der Waals surface area (Å²) in [5, 5.41) is 12.6. The van der Waals surface area contributed by atoms with Crippen LogP contribution >= 0.6 is 7.82 Å². The molecule has 0 heterocycles. The van der Waals surface area contributed by atoms with Crippen molar-refractivity contribution in [3.05, 3.63) is 60.8 Å². The Morgan fingerprint density at radius 1 is 0.640 bits per heavy atom. The smallest absolute Gasteiger partial charge is 0.463 e. The molecule has 0 aromatic carbocycles. The van der Waals surface area contributed by atoms with Gasteiger partial charge >= 0.3 is 13.8 Å². The highest BCUT2D eigenvalue weighted by molar-refractivity contribution is 7.47. The van der Waals surface area contributed by atoms with E-state index in [-0.39, 0.29) is 32.1 Å². The number of nitrogens with one attached hydrogen (secondary N) is 1. The molecule has 288 valence electrons. The fourth-order valence-corrected chi connectivity index (χ4v) is 5.58. The summed E-state index contributed by atoms with van der Waals surface area (Å²) < 4.78 is 26.7. The summed E-state index contributed by atoms with van der Waals surface area (Å²) in [6, 6.07) is 0. The highest BCUT2D eigenvalue weighted by atomic mass is 31.2. The maximum absolute atomic E-state index is 12.0.